The van der Waals surface area contributed by atoms with E-state index in [1.807, 2.05) is 61.0 Å². The third kappa shape index (κ3) is 3.71. The number of hydrogen-bond donors (Lipinski definition) is 2. The molecule has 2 N–H and O–H groups in total. The van der Waals surface area contributed by atoms with Crippen LogP contribution in [0.1, 0.15) is 23.4 Å². The predicted molar refractivity (Wildman–Crippen MR) is 98.1 cm³/mol. The van der Waals surface area contributed by atoms with Crippen molar-refractivity contribution < 1.29 is 9.90 Å². The van der Waals surface area contributed by atoms with Gasteiger partial charge in [-0.25, -0.2) is 4.68 Å². The lowest BCUT2D eigenvalue weighted by Gasteiger charge is -2.08. The fourth-order valence-corrected chi connectivity index (χ4v) is 2.82. The summed E-state index contributed by atoms with van der Waals surface area (Å²) >= 11 is 0. The molecule has 3 aromatic rings. The minimum atomic E-state index is -0.0953. The summed E-state index contributed by atoms with van der Waals surface area (Å²) in [5.41, 5.74) is 4.13. The van der Waals surface area contributed by atoms with Gasteiger partial charge >= 0.3 is 0 Å². The summed E-state index contributed by atoms with van der Waals surface area (Å²) in [7, 11) is 0. The molecule has 0 atom stereocenters. The zero-order valence-corrected chi connectivity index (χ0v) is 14.4. The van der Waals surface area contributed by atoms with Crippen LogP contribution in [0.2, 0.25) is 0 Å². The first-order chi connectivity index (χ1) is 12.1. The van der Waals surface area contributed by atoms with Crippen molar-refractivity contribution in [3.05, 3.63) is 71.5 Å². The van der Waals surface area contributed by atoms with Crippen molar-refractivity contribution in [3.8, 4) is 11.4 Å². The molecule has 0 spiro atoms. The van der Waals surface area contributed by atoms with Crippen LogP contribution in [0.3, 0.4) is 0 Å². The minimum absolute atomic E-state index is 0.0953. The molecule has 0 bridgehead atoms. The van der Waals surface area contributed by atoms with E-state index in [9.17, 15) is 9.90 Å². The predicted octanol–water partition coefficient (Wildman–Crippen LogP) is 3.77. The van der Waals surface area contributed by atoms with Crippen molar-refractivity contribution in [2.75, 3.05) is 5.32 Å². The number of amides is 1. The summed E-state index contributed by atoms with van der Waals surface area (Å²) in [5, 5.41) is 17.3. The largest absolute Gasteiger partial charge is 0.508 e. The first-order valence-corrected chi connectivity index (χ1v) is 8.24. The van der Waals surface area contributed by atoms with Crippen molar-refractivity contribution in [1.29, 1.82) is 0 Å². The number of aromatic hydroxyl groups is 1. The Labute approximate surface area is 146 Å². The molecule has 2 aromatic carbocycles. The molecule has 5 heteroatoms. The Bertz CT molecular complexity index is 885. The number of para-hydroxylation sites is 2. The van der Waals surface area contributed by atoms with E-state index in [0.717, 1.165) is 28.3 Å². The van der Waals surface area contributed by atoms with Gasteiger partial charge in [0.15, 0.2) is 0 Å². The number of benzene rings is 2. The number of hydrogen-bond acceptors (Lipinski definition) is 3. The monoisotopic (exact) mass is 335 g/mol. The maximum absolute atomic E-state index is 12.3. The first-order valence-electron chi connectivity index (χ1n) is 8.24. The van der Waals surface area contributed by atoms with E-state index >= 15 is 0 Å². The third-order valence-corrected chi connectivity index (χ3v) is 4.17. The molecular formula is C20H21N3O2. The Morgan fingerprint density at radius 2 is 1.76 bits per heavy atom. The van der Waals surface area contributed by atoms with Gasteiger partial charge in [0.25, 0.3) is 0 Å². The standard InChI is InChI=1S/C20H21N3O2/c1-14-20(15(2)23(22-14)17-9-4-3-5-10-17)21-19(25)13-12-16-8-6-7-11-18(16)24/h3-11,24H,12-13H2,1-2H3,(H,21,25). The van der Waals surface area contributed by atoms with E-state index in [1.54, 1.807) is 12.1 Å². The zero-order valence-electron chi connectivity index (χ0n) is 14.4. The number of carbonyl (C=O) groups excluding carboxylic acids is 1. The highest BCUT2D eigenvalue weighted by Gasteiger charge is 2.15. The van der Waals surface area contributed by atoms with Gasteiger partial charge in [0.05, 0.1) is 22.8 Å². The van der Waals surface area contributed by atoms with Crippen molar-refractivity contribution in [2.24, 2.45) is 0 Å². The summed E-state index contributed by atoms with van der Waals surface area (Å²) in [5.74, 6) is 0.127. The molecule has 0 saturated carbocycles. The average molecular weight is 335 g/mol. The van der Waals surface area contributed by atoms with Gasteiger partial charge in [0.2, 0.25) is 5.91 Å². The van der Waals surface area contributed by atoms with Crippen LogP contribution in [0.25, 0.3) is 5.69 Å². The lowest BCUT2D eigenvalue weighted by Crippen LogP contribution is -2.13. The summed E-state index contributed by atoms with van der Waals surface area (Å²) in [6, 6.07) is 16.9. The molecule has 0 saturated heterocycles. The molecule has 0 aliphatic rings. The Morgan fingerprint density at radius 1 is 1.08 bits per heavy atom. The molecule has 0 unspecified atom stereocenters. The molecule has 0 aliphatic carbocycles. The van der Waals surface area contributed by atoms with E-state index in [4.69, 9.17) is 0 Å². The summed E-state index contributed by atoms with van der Waals surface area (Å²) in [4.78, 5) is 12.3. The van der Waals surface area contributed by atoms with Gasteiger partial charge in [-0.2, -0.15) is 5.10 Å². The number of rotatable bonds is 5. The van der Waals surface area contributed by atoms with E-state index in [-0.39, 0.29) is 11.7 Å². The van der Waals surface area contributed by atoms with Crippen LogP contribution in [0.15, 0.2) is 54.6 Å². The Kier molecular flexibility index (Phi) is 4.84. The van der Waals surface area contributed by atoms with Crippen LogP contribution < -0.4 is 5.32 Å². The molecule has 0 radical (unpaired) electrons. The number of phenols is 1. The number of aromatic nitrogens is 2. The maximum atomic E-state index is 12.3. The molecule has 1 amide bonds. The summed E-state index contributed by atoms with van der Waals surface area (Å²) < 4.78 is 1.83. The SMILES string of the molecule is Cc1nn(-c2ccccc2)c(C)c1NC(=O)CCc1ccccc1O. The minimum Gasteiger partial charge on any atom is -0.508 e. The summed E-state index contributed by atoms with van der Waals surface area (Å²) in [6.07, 6.45) is 0.788. The van der Waals surface area contributed by atoms with Crippen LogP contribution in [-0.2, 0) is 11.2 Å². The smallest absolute Gasteiger partial charge is 0.224 e. The Morgan fingerprint density at radius 3 is 2.48 bits per heavy atom. The lowest BCUT2D eigenvalue weighted by atomic mass is 10.1. The van der Waals surface area contributed by atoms with Crippen LogP contribution in [0, 0.1) is 13.8 Å². The Balaban J connectivity index is 1.72. The van der Waals surface area contributed by atoms with Gasteiger partial charge in [0, 0.05) is 6.42 Å². The molecule has 25 heavy (non-hydrogen) atoms. The molecule has 5 nitrogen and oxygen atoms in total. The van der Waals surface area contributed by atoms with Crippen LogP contribution in [-0.4, -0.2) is 20.8 Å². The van der Waals surface area contributed by atoms with Gasteiger partial charge in [0.1, 0.15) is 5.75 Å². The van der Waals surface area contributed by atoms with E-state index in [2.05, 4.69) is 10.4 Å². The topological polar surface area (TPSA) is 67.2 Å². The van der Waals surface area contributed by atoms with Crippen LogP contribution in [0.5, 0.6) is 5.75 Å². The van der Waals surface area contributed by atoms with E-state index in [0.29, 0.717) is 12.8 Å². The quantitative estimate of drug-likeness (QED) is 0.746. The van der Waals surface area contributed by atoms with Crippen molar-refractivity contribution in [2.45, 2.75) is 26.7 Å². The molecule has 0 fully saturated rings. The lowest BCUT2D eigenvalue weighted by molar-refractivity contribution is -0.116. The fourth-order valence-electron chi connectivity index (χ4n) is 2.82. The Hall–Kier alpha value is -3.08. The second-order valence-electron chi connectivity index (χ2n) is 5.97. The molecule has 1 heterocycles. The van der Waals surface area contributed by atoms with E-state index < -0.39 is 0 Å². The van der Waals surface area contributed by atoms with Crippen molar-refractivity contribution in [3.63, 3.8) is 0 Å². The summed E-state index contributed by atoms with van der Waals surface area (Å²) in [6.45, 7) is 3.82. The number of carbonyl (C=O) groups is 1. The number of anilines is 1. The first kappa shape index (κ1) is 16.8. The second-order valence-corrected chi connectivity index (χ2v) is 5.97. The molecule has 0 aliphatic heterocycles. The molecule has 1 aromatic heterocycles. The van der Waals surface area contributed by atoms with Gasteiger partial charge in [-0.15, -0.1) is 0 Å². The van der Waals surface area contributed by atoms with E-state index in [1.165, 1.54) is 0 Å². The van der Waals surface area contributed by atoms with Crippen molar-refractivity contribution >= 4 is 11.6 Å². The normalized spacial score (nSPS) is 10.6. The highest BCUT2D eigenvalue weighted by molar-refractivity contribution is 5.92. The molecule has 128 valence electrons. The third-order valence-electron chi connectivity index (χ3n) is 4.17. The highest BCUT2D eigenvalue weighted by Crippen LogP contribution is 2.23. The highest BCUT2D eigenvalue weighted by atomic mass is 16.3. The average Bonchev–Trinajstić information content (AvgIpc) is 2.90. The fraction of sp³-hybridized carbons (Fsp3) is 0.200. The van der Waals surface area contributed by atoms with Crippen molar-refractivity contribution in [1.82, 2.24) is 9.78 Å². The van der Waals surface area contributed by atoms with Gasteiger partial charge < -0.3 is 10.4 Å². The van der Waals surface area contributed by atoms with Gasteiger partial charge in [-0.1, -0.05) is 36.4 Å². The van der Waals surface area contributed by atoms with Crippen LogP contribution in [0.4, 0.5) is 5.69 Å². The van der Waals surface area contributed by atoms with Gasteiger partial charge in [-0.3, -0.25) is 4.79 Å². The van der Waals surface area contributed by atoms with Crippen LogP contribution >= 0.6 is 0 Å². The number of phenolic OH excluding ortho intramolecular Hbond substituents is 1. The second kappa shape index (κ2) is 7.21. The number of nitrogens with one attached hydrogen (secondary N) is 1. The zero-order chi connectivity index (χ0) is 17.8. The molecular weight excluding hydrogens is 314 g/mol. The maximum Gasteiger partial charge on any atom is 0.224 e. The number of nitrogens with zero attached hydrogens (tertiary/aromatic N) is 2. The number of aryl methyl sites for hydroxylation is 2. The van der Waals surface area contributed by atoms with Gasteiger partial charge in [-0.05, 0) is 44.0 Å². The molecule has 3 rings (SSSR count).